The highest BCUT2D eigenvalue weighted by molar-refractivity contribution is 7.99. The molecule has 0 aliphatic heterocycles. The molecule has 4 rings (SSSR count). The molecule has 0 aliphatic carbocycles. The summed E-state index contributed by atoms with van der Waals surface area (Å²) in [7, 11) is 0. The van der Waals surface area contributed by atoms with Crippen molar-refractivity contribution in [3.8, 4) is 11.5 Å². The van der Waals surface area contributed by atoms with E-state index in [1.165, 1.54) is 10.4 Å². The second kappa shape index (κ2) is 8.06. The molecular formula is C19H19N5OS2. The van der Waals surface area contributed by atoms with Crippen molar-refractivity contribution in [3.63, 3.8) is 0 Å². The van der Waals surface area contributed by atoms with Gasteiger partial charge in [0.05, 0.1) is 5.25 Å². The van der Waals surface area contributed by atoms with E-state index in [2.05, 4.69) is 49.4 Å². The van der Waals surface area contributed by atoms with E-state index in [9.17, 15) is 0 Å². The van der Waals surface area contributed by atoms with Crippen molar-refractivity contribution >= 4 is 23.1 Å². The Morgan fingerprint density at radius 2 is 2.00 bits per heavy atom. The topological polar surface area (TPSA) is 69.6 Å². The maximum absolute atomic E-state index is 5.88. The fraction of sp³-hybridized carbons (Fsp3) is 0.263. The van der Waals surface area contributed by atoms with E-state index in [4.69, 9.17) is 4.42 Å². The van der Waals surface area contributed by atoms with Crippen LogP contribution in [0, 0.1) is 6.92 Å². The van der Waals surface area contributed by atoms with Gasteiger partial charge in [0.1, 0.15) is 6.33 Å². The number of thioether (sulfide) groups is 1. The quantitative estimate of drug-likeness (QED) is 0.418. The van der Waals surface area contributed by atoms with Gasteiger partial charge in [-0.1, -0.05) is 35.5 Å². The van der Waals surface area contributed by atoms with Gasteiger partial charge >= 0.3 is 0 Å². The summed E-state index contributed by atoms with van der Waals surface area (Å²) >= 11 is 3.34. The molecule has 3 aromatic heterocycles. The van der Waals surface area contributed by atoms with Crippen molar-refractivity contribution in [1.82, 2.24) is 25.0 Å². The number of benzene rings is 1. The van der Waals surface area contributed by atoms with Crippen LogP contribution in [0.25, 0.3) is 11.5 Å². The van der Waals surface area contributed by atoms with Gasteiger partial charge in [0.2, 0.25) is 11.8 Å². The molecule has 0 fully saturated rings. The highest BCUT2D eigenvalue weighted by Gasteiger charge is 2.19. The lowest BCUT2D eigenvalue weighted by molar-refractivity contribution is 0.508. The van der Waals surface area contributed by atoms with Crippen molar-refractivity contribution in [2.75, 3.05) is 0 Å². The maximum atomic E-state index is 5.88. The minimum absolute atomic E-state index is 0.0126. The molecule has 0 spiro atoms. The van der Waals surface area contributed by atoms with Gasteiger partial charge in [-0.25, -0.2) is 0 Å². The third-order valence-corrected chi connectivity index (χ3v) is 6.15. The average Bonchev–Trinajstić information content (AvgIpc) is 3.42. The van der Waals surface area contributed by atoms with Crippen LogP contribution in [0.15, 0.2) is 57.7 Å². The van der Waals surface area contributed by atoms with Crippen molar-refractivity contribution in [2.45, 2.75) is 37.2 Å². The third-order valence-electron chi connectivity index (χ3n) is 4.13. The second-order valence-corrected chi connectivity index (χ2v) is 8.55. The number of thiophene rings is 1. The molecule has 3 heterocycles. The van der Waals surface area contributed by atoms with Gasteiger partial charge < -0.3 is 8.98 Å². The Hall–Kier alpha value is -2.45. The first-order chi connectivity index (χ1) is 13.2. The SMILES string of the molecule is Cc1ccc(-c2nnc(C(C)Sc3nncn3CCc3cccs3)o2)cc1. The lowest BCUT2D eigenvalue weighted by Gasteiger charge is -2.08. The Morgan fingerprint density at radius 1 is 1.15 bits per heavy atom. The Kier molecular flexibility index (Phi) is 5.35. The number of rotatable bonds is 7. The standard InChI is InChI=1S/C19H19N5OS2/c1-13-5-7-15(8-6-13)18-22-21-17(25-18)14(2)27-19-23-20-12-24(19)10-9-16-4-3-11-26-16/h3-8,11-12,14H,9-10H2,1-2H3. The molecule has 0 radical (unpaired) electrons. The normalized spacial score (nSPS) is 12.4. The molecule has 6 nitrogen and oxygen atoms in total. The monoisotopic (exact) mass is 397 g/mol. The van der Waals surface area contributed by atoms with Crippen LogP contribution in [0.1, 0.15) is 28.5 Å². The van der Waals surface area contributed by atoms with Crippen molar-refractivity contribution in [1.29, 1.82) is 0 Å². The molecule has 27 heavy (non-hydrogen) atoms. The summed E-state index contributed by atoms with van der Waals surface area (Å²) < 4.78 is 7.95. The minimum atomic E-state index is -0.0126. The van der Waals surface area contributed by atoms with E-state index in [0.29, 0.717) is 11.8 Å². The molecule has 1 atom stereocenters. The van der Waals surface area contributed by atoms with Crippen molar-refractivity contribution in [3.05, 3.63) is 64.4 Å². The molecule has 4 aromatic rings. The Morgan fingerprint density at radius 3 is 2.78 bits per heavy atom. The third kappa shape index (κ3) is 4.28. The molecular weight excluding hydrogens is 378 g/mol. The molecule has 1 aromatic carbocycles. The Labute approximate surface area is 165 Å². The number of nitrogens with zero attached hydrogens (tertiary/aromatic N) is 5. The largest absolute Gasteiger partial charge is 0.419 e. The Balaban J connectivity index is 1.43. The number of hydrogen-bond donors (Lipinski definition) is 0. The fourth-order valence-corrected chi connectivity index (χ4v) is 4.17. The van der Waals surface area contributed by atoms with Crippen LogP contribution < -0.4 is 0 Å². The minimum Gasteiger partial charge on any atom is -0.419 e. The molecule has 8 heteroatoms. The Bertz CT molecular complexity index is 991. The van der Waals surface area contributed by atoms with Gasteiger partial charge in [0.15, 0.2) is 5.16 Å². The van der Waals surface area contributed by atoms with Gasteiger partial charge in [0, 0.05) is 17.0 Å². The van der Waals surface area contributed by atoms with Crippen LogP contribution in [-0.2, 0) is 13.0 Å². The van der Waals surface area contributed by atoms with E-state index in [-0.39, 0.29) is 5.25 Å². The lowest BCUT2D eigenvalue weighted by atomic mass is 10.1. The zero-order valence-electron chi connectivity index (χ0n) is 15.1. The average molecular weight is 398 g/mol. The molecule has 0 aliphatic rings. The van der Waals surface area contributed by atoms with Gasteiger partial charge in [-0.15, -0.1) is 31.7 Å². The number of aryl methyl sites for hydroxylation is 3. The van der Waals surface area contributed by atoms with Crippen LogP contribution in [0.3, 0.4) is 0 Å². The molecule has 0 N–H and O–H groups in total. The predicted octanol–water partition coefficient (Wildman–Crippen LogP) is 4.79. The van der Waals surface area contributed by atoms with E-state index in [1.54, 1.807) is 29.4 Å². The second-order valence-electron chi connectivity index (χ2n) is 6.21. The number of aromatic nitrogens is 5. The summed E-state index contributed by atoms with van der Waals surface area (Å²) in [5, 5.41) is 19.7. The zero-order chi connectivity index (χ0) is 18.6. The molecule has 0 saturated heterocycles. The molecule has 0 bridgehead atoms. The van der Waals surface area contributed by atoms with E-state index in [1.807, 2.05) is 31.2 Å². The molecule has 0 amide bonds. The van der Waals surface area contributed by atoms with Gasteiger partial charge in [-0.05, 0) is 43.8 Å². The predicted molar refractivity (Wildman–Crippen MR) is 107 cm³/mol. The van der Waals surface area contributed by atoms with Gasteiger partial charge in [-0.2, -0.15) is 0 Å². The zero-order valence-corrected chi connectivity index (χ0v) is 16.7. The van der Waals surface area contributed by atoms with Crippen molar-refractivity contribution in [2.24, 2.45) is 0 Å². The van der Waals surface area contributed by atoms with Crippen LogP contribution in [0.2, 0.25) is 0 Å². The van der Waals surface area contributed by atoms with Crippen LogP contribution in [-0.4, -0.2) is 25.0 Å². The summed E-state index contributed by atoms with van der Waals surface area (Å²) in [4.78, 5) is 1.35. The number of hydrogen-bond acceptors (Lipinski definition) is 7. The van der Waals surface area contributed by atoms with Crippen LogP contribution >= 0.6 is 23.1 Å². The highest BCUT2D eigenvalue weighted by Crippen LogP contribution is 2.34. The van der Waals surface area contributed by atoms with E-state index < -0.39 is 0 Å². The summed E-state index contributed by atoms with van der Waals surface area (Å²) in [6.45, 7) is 4.94. The first-order valence-corrected chi connectivity index (χ1v) is 10.4. The van der Waals surface area contributed by atoms with Crippen LogP contribution in [0.5, 0.6) is 0 Å². The summed E-state index contributed by atoms with van der Waals surface area (Å²) in [5.41, 5.74) is 2.12. The maximum Gasteiger partial charge on any atom is 0.247 e. The van der Waals surface area contributed by atoms with Gasteiger partial charge in [-0.3, -0.25) is 0 Å². The molecule has 138 valence electrons. The highest BCUT2D eigenvalue weighted by atomic mass is 32.2. The van der Waals surface area contributed by atoms with Gasteiger partial charge in [0.25, 0.3) is 0 Å². The first kappa shape index (κ1) is 17.9. The summed E-state index contributed by atoms with van der Waals surface area (Å²) in [5.74, 6) is 1.12. The first-order valence-electron chi connectivity index (χ1n) is 8.66. The van der Waals surface area contributed by atoms with E-state index in [0.717, 1.165) is 23.7 Å². The van der Waals surface area contributed by atoms with E-state index >= 15 is 0 Å². The smallest absolute Gasteiger partial charge is 0.247 e. The molecule has 0 saturated carbocycles. The lowest BCUT2D eigenvalue weighted by Crippen LogP contribution is -2.02. The van der Waals surface area contributed by atoms with Crippen LogP contribution in [0.4, 0.5) is 0 Å². The summed E-state index contributed by atoms with van der Waals surface area (Å²) in [6, 6.07) is 12.3. The van der Waals surface area contributed by atoms with Crippen molar-refractivity contribution < 1.29 is 4.42 Å². The summed E-state index contributed by atoms with van der Waals surface area (Å²) in [6.07, 6.45) is 2.74. The molecule has 1 unspecified atom stereocenters. The fourth-order valence-electron chi connectivity index (χ4n) is 2.59.